The molecule has 3 N–H and O–H groups in total. The van der Waals surface area contributed by atoms with Gasteiger partial charge < -0.3 is 10.3 Å². The summed E-state index contributed by atoms with van der Waals surface area (Å²) in [4.78, 5) is 22.7. The zero-order chi connectivity index (χ0) is 15.2. The van der Waals surface area contributed by atoms with Crippen molar-refractivity contribution >= 4 is 11.6 Å². The number of aryl methyl sites for hydroxylation is 1. The van der Waals surface area contributed by atoms with Gasteiger partial charge in [0.05, 0.1) is 23.5 Å². The zero-order valence-electron chi connectivity index (χ0n) is 12.2. The first-order valence-electron chi connectivity index (χ1n) is 6.78. The maximum atomic E-state index is 12.6. The highest BCUT2D eigenvalue weighted by atomic mass is 16.2. The summed E-state index contributed by atoms with van der Waals surface area (Å²) in [5.41, 5.74) is 5.33. The first kappa shape index (κ1) is 14.9. The standard InChI is InChI=1S/C15H19N5O/c1-3-20(10-12-6-4-5-11(2)18-12)15(21)13-9-17-8-7-14(13)19-16/h4-9H,3,10,16H2,1-2H3,(H,17,19). The van der Waals surface area contributed by atoms with Gasteiger partial charge in [0, 0.05) is 24.6 Å². The minimum atomic E-state index is -0.123. The lowest BCUT2D eigenvalue weighted by Crippen LogP contribution is -2.31. The van der Waals surface area contributed by atoms with Gasteiger partial charge in [0.1, 0.15) is 0 Å². The van der Waals surface area contributed by atoms with Crippen LogP contribution in [0.1, 0.15) is 28.7 Å². The van der Waals surface area contributed by atoms with E-state index in [1.807, 2.05) is 32.0 Å². The van der Waals surface area contributed by atoms with E-state index in [2.05, 4.69) is 15.4 Å². The summed E-state index contributed by atoms with van der Waals surface area (Å²) in [6, 6.07) is 7.45. The second-order valence-corrected chi connectivity index (χ2v) is 4.66. The van der Waals surface area contributed by atoms with Gasteiger partial charge in [0.2, 0.25) is 0 Å². The number of pyridine rings is 2. The van der Waals surface area contributed by atoms with Crippen LogP contribution in [0.4, 0.5) is 5.69 Å². The third-order valence-electron chi connectivity index (χ3n) is 3.17. The normalized spacial score (nSPS) is 10.2. The smallest absolute Gasteiger partial charge is 0.257 e. The number of anilines is 1. The number of nitrogens with two attached hydrogens (primary N) is 1. The van der Waals surface area contributed by atoms with E-state index in [-0.39, 0.29) is 5.91 Å². The molecule has 0 spiro atoms. The fraction of sp³-hybridized carbons (Fsp3) is 0.267. The molecule has 0 aliphatic carbocycles. The molecule has 110 valence electrons. The number of rotatable bonds is 5. The van der Waals surface area contributed by atoms with Crippen molar-refractivity contribution in [3.05, 3.63) is 53.6 Å². The van der Waals surface area contributed by atoms with E-state index in [1.54, 1.807) is 17.2 Å². The monoisotopic (exact) mass is 285 g/mol. The third-order valence-corrected chi connectivity index (χ3v) is 3.17. The molecule has 0 atom stereocenters. The van der Waals surface area contributed by atoms with Crippen LogP contribution in [0.25, 0.3) is 0 Å². The predicted octanol–water partition coefficient (Wildman–Crippen LogP) is 1.73. The minimum Gasteiger partial charge on any atom is -0.333 e. The minimum absolute atomic E-state index is 0.123. The number of hydrazine groups is 1. The first-order chi connectivity index (χ1) is 10.2. The second kappa shape index (κ2) is 6.81. The molecule has 0 radical (unpaired) electrons. The highest BCUT2D eigenvalue weighted by Crippen LogP contribution is 2.16. The highest BCUT2D eigenvalue weighted by Gasteiger charge is 2.18. The fourth-order valence-electron chi connectivity index (χ4n) is 2.07. The van der Waals surface area contributed by atoms with Gasteiger partial charge in [-0.3, -0.25) is 20.6 Å². The van der Waals surface area contributed by atoms with Crippen LogP contribution < -0.4 is 11.3 Å². The average molecular weight is 285 g/mol. The van der Waals surface area contributed by atoms with Crippen LogP contribution in [-0.2, 0) is 6.54 Å². The molecule has 6 nitrogen and oxygen atoms in total. The number of nitrogen functional groups attached to an aromatic ring is 1. The van der Waals surface area contributed by atoms with Gasteiger partial charge in [-0.25, -0.2) is 0 Å². The number of hydrogen-bond acceptors (Lipinski definition) is 5. The summed E-state index contributed by atoms with van der Waals surface area (Å²) in [5, 5.41) is 0. The average Bonchev–Trinajstić information content (AvgIpc) is 2.52. The molecule has 0 saturated carbocycles. The van der Waals surface area contributed by atoms with Crippen LogP contribution in [0.15, 0.2) is 36.7 Å². The van der Waals surface area contributed by atoms with Gasteiger partial charge in [-0.2, -0.15) is 0 Å². The molecule has 0 aliphatic heterocycles. The first-order valence-corrected chi connectivity index (χ1v) is 6.78. The van der Waals surface area contributed by atoms with Crippen LogP contribution in [0.3, 0.4) is 0 Å². The van der Waals surface area contributed by atoms with Crippen molar-refractivity contribution in [2.45, 2.75) is 20.4 Å². The lowest BCUT2D eigenvalue weighted by Gasteiger charge is -2.21. The van der Waals surface area contributed by atoms with Gasteiger partial charge >= 0.3 is 0 Å². The van der Waals surface area contributed by atoms with E-state index in [0.717, 1.165) is 11.4 Å². The summed E-state index contributed by atoms with van der Waals surface area (Å²) in [5.74, 6) is 5.32. The van der Waals surface area contributed by atoms with E-state index in [4.69, 9.17) is 5.84 Å². The van der Waals surface area contributed by atoms with E-state index in [1.165, 1.54) is 6.20 Å². The van der Waals surface area contributed by atoms with Crippen LogP contribution in [0, 0.1) is 6.92 Å². The Balaban J connectivity index is 2.22. The van der Waals surface area contributed by atoms with Gasteiger partial charge in [-0.05, 0) is 32.0 Å². The molecule has 0 saturated heterocycles. The van der Waals surface area contributed by atoms with Crippen LogP contribution in [-0.4, -0.2) is 27.3 Å². The Morgan fingerprint density at radius 1 is 1.38 bits per heavy atom. The van der Waals surface area contributed by atoms with Gasteiger partial charge in [0.25, 0.3) is 5.91 Å². The molecule has 2 heterocycles. The zero-order valence-corrected chi connectivity index (χ0v) is 12.2. The Morgan fingerprint density at radius 3 is 2.86 bits per heavy atom. The molecule has 0 fully saturated rings. The van der Waals surface area contributed by atoms with E-state index in [0.29, 0.717) is 24.3 Å². The van der Waals surface area contributed by atoms with Crippen LogP contribution >= 0.6 is 0 Å². The summed E-state index contributed by atoms with van der Waals surface area (Å²) in [7, 11) is 0. The number of hydrogen-bond donors (Lipinski definition) is 2. The number of nitrogens with one attached hydrogen (secondary N) is 1. The van der Waals surface area contributed by atoms with Gasteiger partial charge in [0.15, 0.2) is 0 Å². The predicted molar refractivity (Wildman–Crippen MR) is 81.4 cm³/mol. The highest BCUT2D eigenvalue weighted by molar-refractivity contribution is 5.99. The van der Waals surface area contributed by atoms with Crippen molar-refractivity contribution in [3.8, 4) is 0 Å². The molecule has 6 heteroatoms. The molecule has 0 aliphatic rings. The Kier molecular flexibility index (Phi) is 4.84. The summed E-state index contributed by atoms with van der Waals surface area (Å²) in [6.45, 7) is 4.89. The number of amides is 1. The van der Waals surface area contributed by atoms with Crippen molar-refractivity contribution in [1.29, 1.82) is 0 Å². The molecule has 2 rings (SSSR count). The van der Waals surface area contributed by atoms with Crippen molar-refractivity contribution in [1.82, 2.24) is 14.9 Å². The van der Waals surface area contributed by atoms with Crippen LogP contribution in [0.2, 0.25) is 0 Å². The molecule has 2 aromatic rings. The van der Waals surface area contributed by atoms with E-state index >= 15 is 0 Å². The molecule has 1 amide bonds. The Morgan fingerprint density at radius 2 is 2.19 bits per heavy atom. The molecule has 21 heavy (non-hydrogen) atoms. The van der Waals surface area contributed by atoms with E-state index in [9.17, 15) is 4.79 Å². The number of carbonyl (C=O) groups is 1. The van der Waals surface area contributed by atoms with Crippen molar-refractivity contribution in [3.63, 3.8) is 0 Å². The van der Waals surface area contributed by atoms with Crippen molar-refractivity contribution in [2.75, 3.05) is 12.0 Å². The number of nitrogens with zero attached hydrogens (tertiary/aromatic N) is 3. The summed E-state index contributed by atoms with van der Waals surface area (Å²) < 4.78 is 0. The Hall–Kier alpha value is -2.47. The topological polar surface area (TPSA) is 84.1 Å². The third kappa shape index (κ3) is 3.55. The Labute approximate surface area is 124 Å². The SMILES string of the molecule is CCN(Cc1cccc(C)n1)C(=O)c1cnccc1NN. The maximum absolute atomic E-state index is 12.6. The molecule has 0 aromatic carbocycles. The Bertz CT molecular complexity index is 629. The molecule has 0 unspecified atom stereocenters. The van der Waals surface area contributed by atoms with Gasteiger partial charge in [-0.1, -0.05) is 6.07 Å². The van der Waals surface area contributed by atoms with Crippen molar-refractivity contribution < 1.29 is 4.79 Å². The largest absolute Gasteiger partial charge is 0.333 e. The molecular weight excluding hydrogens is 266 g/mol. The number of aromatic nitrogens is 2. The molecular formula is C15H19N5O. The van der Waals surface area contributed by atoms with Crippen LogP contribution in [0.5, 0.6) is 0 Å². The van der Waals surface area contributed by atoms with Crippen molar-refractivity contribution in [2.24, 2.45) is 5.84 Å². The molecule has 0 bridgehead atoms. The quantitative estimate of drug-likeness (QED) is 0.645. The maximum Gasteiger partial charge on any atom is 0.257 e. The fourth-order valence-corrected chi connectivity index (χ4v) is 2.07. The lowest BCUT2D eigenvalue weighted by molar-refractivity contribution is 0.0751. The molecule has 2 aromatic heterocycles. The second-order valence-electron chi connectivity index (χ2n) is 4.66. The summed E-state index contributed by atoms with van der Waals surface area (Å²) in [6.07, 6.45) is 3.11. The summed E-state index contributed by atoms with van der Waals surface area (Å²) >= 11 is 0. The lowest BCUT2D eigenvalue weighted by atomic mass is 10.2. The number of carbonyl (C=O) groups excluding carboxylic acids is 1. The van der Waals surface area contributed by atoms with Gasteiger partial charge in [-0.15, -0.1) is 0 Å². The van der Waals surface area contributed by atoms with E-state index < -0.39 is 0 Å².